The third-order valence-corrected chi connectivity index (χ3v) is 20.4. The Morgan fingerprint density at radius 3 is 1.19 bits per heavy atom. The van der Waals surface area contributed by atoms with Crippen molar-refractivity contribution < 1.29 is 167 Å². The van der Waals surface area contributed by atoms with Crippen LogP contribution in [-0.2, 0) is 87.8 Å². The van der Waals surface area contributed by atoms with E-state index in [1.54, 1.807) is 0 Å². The lowest BCUT2D eigenvalue weighted by Gasteiger charge is -2.39. The van der Waals surface area contributed by atoms with Gasteiger partial charge in [-0.3, -0.25) is 24.5 Å². The molecule has 0 fully saturated rings. The average Bonchev–Trinajstić information content (AvgIpc) is 1.24. The van der Waals surface area contributed by atoms with Crippen LogP contribution >= 0.6 is 23.8 Å². The summed E-state index contributed by atoms with van der Waals surface area (Å²) in [6.45, 7) is -16.2. The number of aromatic nitrogens is 19. The summed E-state index contributed by atoms with van der Waals surface area (Å²) in [4.78, 5) is 37.0. The Morgan fingerprint density at radius 1 is 0.418 bits per heavy atom. The molecule has 8 aromatic heterocycles. The number of hydrogen-bond donors (Lipinski definition) is 5. The van der Waals surface area contributed by atoms with Crippen LogP contribution in [0.3, 0.4) is 0 Å². The number of tetrazole rings is 3. The maximum absolute atomic E-state index is 16.5. The van der Waals surface area contributed by atoms with Crippen LogP contribution in [0.15, 0.2) is 279 Å². The molecular weight excluding hydrogens is 2070 g/mol. The zero-order valence-electron chi connectivity index (χ0n) is 87.6. The van der Waals surface area contributed by atoms with Gasteiger partial charge in [-0.05, 0) is 209 Å². The lowest BCUT2D eigenvalue weighted by molar-refractivity contribution is -0.274. The zero-order valence-corrected chi connectivity index (χ0v) is 74.1. The van der Waals surface area contributed by atoms with E-state index < -0.39 is 274 Å². The number of nitrogens with zero attached hydrogens (tertiary/aromatic N) is 20. The monoisotopic (exact) mass is 2150 g/mol. The molecule has 0 saturated carbocycles. The molecule has 0 bridgehead atoms. The molecular formula is C92H62BrF22N20O10P. The summed E-state index contributed by atoms with van der Waals surface area (Å²) < 4.78 is 479. The van der Waals surface area contributed by atoms with E-state index in [-0.39, 0.29) is 60.8 Å². The van der Waals surface area contributed by atoms with Gasteiger partial charge in [0.05, 0.1) is 59.6 Å². The molecule has 54 heteroatoms. The smallest absolute Gasteiger partial charge is 0.489 e. The van der Waals surface area contributed by atoms with Gasteiger partial charge in [0.25, 0.3) is 0 Å². The molecule has 16 aromatic rings. The maximum Gasteiger partial charge on any atom is 0.573 e. The van der Waals surface area contributed by atoms with E-state index >= 15 is 39.5 Å². The largest absolute Gasteiger partial charge is 0.573 e. The van der Waals surface area contributed by atoms with Crippen molar-refractivity contribution in [1.29, 1.82) is 5.26 Å². The Bertz CT molecular complexity index is 8220. The van der Waals surface area contributed by atoms with Crippen molar-refractivity contribution in [3.05, 3.63) is 393 Å². The molecule has 0 aliphatic carbocycles. The number of rotatable bonds is 30. The van der Waals surface area contributed by atoms with Crippen LogP contribution in [-0.4, -0.2) is 140 Å². The summed E-state index contributed by atoms with van der Waals surface area (Å²) in [5, 5.41) is 75.1. The molecule has 8 aromatic carbocycles. The molecule has 0 aliphatic rings. The molecule has 756 valence electrons. The quantitative estimate of drug-likeness (QED) is 0.0159. The molecule has 0 radical (unpaired) electrons. The number of benzene rings is 8. The lowest BCUT2D eigenvalue weighted by Crippen LogP contribution is -2.49. The van der Waals surface area contributed by atoms with Crippen LogP contribution in [0.25, 0.3) is 22.3 Å². The molecule has 8 heterocycles. The first kappa shape index (κ1) is 86.7. The van der Waals surface area contributed by atoms with Gasteiger partial charge in [-0.1, -0.05) is 60.3 Å². The zero-order chi connectivity index (χ0) is 120. The van der Waals surface area contributed by atoms with Crippen molar-refractivity contribution in [2.45, 2.75) is 91.2 Å². The highest BCUT2D eigenvalue weighted by molar-refractivity contribution is 9.10. The van der Waals surface area contributed by atoms with Crippen molar-refractivity contribution in [2.24, 2.45) is 0 Å². The number of aliphatic hydroxyl groups is 3. The summed E-state index contributed by atoms with van der Waals surface area (Å²) in [6.07, 6.45) is -3.76. The minimum absolute atomic E-state index is 0.0624. The summed E-state index contributed by atoms with van der Waals surface area (Å²) in [6, 6.07) is 16.7. The minimum atomic E-state index is -5.82. The van der Waals surface area contributed by atoms with Crippen molar-refractivity contribution in [1.82, 2.24) is 95.3 Å². The Morgan fingerprint density at radius 2 is 0.815 bits per heavy atom. The molecule has 0 saturated heterocycles. The molecule has 0 aliphatic heterocycles. The van der Waals surface area contributed by atoms with E-state index in [9.17, 15) is 86.7 Å². The first-order valence-electron chi connectivity index (χ1n) is 47.6. The first-order valence-corrected chi connectivity index (χ1v) is 41.9. The van der Waals surface area contributed by atoms with E-state index in [1.807, 2.05) is 6.07 Å². The topological polar surface area (TPSA) is 392 Å². The Labute approximate surface area is 836 Å². The predicted octanol–water partition coefficient (Wildman–Crippen LogP) is 17.6. The second-order valence-electron chi connectivity index (χ2n) is 29.2. The van der Waals surface area contributed by atoms with Gasteiger partial charge >= 0.3 is 44.1 Å². The maximum atomic E-state index is 16.5. The van der Waals surface area contributed by atoms with Gasteiger partial charge in [0.1, 0.15) is 125 Å². The van der Waals surface area contributed by atoms with Crippen LogP contribution in [0, 0.1) is 69.7 Å². The van der Waals surface area contributed by atoms with Gasteiger partial charge in [-0.25, -0.2) is 63.4 Å². The highest BCUT2D eigenvalue weighted by Gasteiger charge is 2.64. The Hall–Kier alpha value is -15.9. The summed E-state index contributed by atoms with van der Waals surface area (Å²) in [7, 11) is -5.82. The predicted molar refractivity (Wildman–Crippen MR) is 463 cm³/mol. The van der Waals surface area contributed by atoms with E-state index in [4.69, 9.17) is 31.9 Å². The first-order chi connectivity index (χ1) is 75.3. The van der Waals surface area contributed by atoms with E-state index in [2.05, 4.69) is 118 Å². The fraction of sp³-hybridized carbons (Fsp3) is 0.174. The van der Waals surface area contributed by atoms with Crippen molar-refractivity contribution >= 4 is 23.8 Å². The highest BCUT2D eigenvalue weighted by atomic mass is 79.9. The molecule has 146 heavy (non-hydrogen) atoms. The van der Waals surface area contributed by atoms with Crippen LogP contribution in [0.5, 0.6) is 17.2 Å². The van der Waals surface area contributed by atoms with Crippen molar-refractivity contribution in [3.8, 4) is 57.4 Å². The van der Waals surface area contributed by atoms with E-state index in [0.29, 0.717) is 112 Å². The van der Waals surface area contributed by atoms with E-state index in [1.165, 1.54) is 54.6 Å². The third-order valence-electron chi connectivity index (χ3n) is 19.4. The molecule has 4 atom stereocenters. The molecule has 30 nitrogen and oxygen atoms in total. The number of phosphoric acid groups is 1. The number of ether oxygens (including phenoxy) is 3. The summed E-state index contributed by atoms with van der Waals surface area (Å²) in [5.41, 5.74) is -26.8. The number of alkyl halides is 14. The molecule has 3 unspecified atom stereocenters. The van der Waals surface area contributed by atoms with Gasteiger partial charge in [0.15, 0.2) is 29.0 Å². The Kier molecular flexibility index (Phi) is 26.2. The van der Waals surface area contributed by atoms with Crippen LogP contribution < -0.4 is 14.2 Å². The Balaban J connectivity index is 0.000000181. The molecule has 16 rings (SSSR count). The number of pyridine rings is 4. The minimum Gasteiger partial charge on any atom is -0.489 e. The second kappa shape index (κ2) is 44.1. The number of phosphoric ester groups is 1. The van der Waals surface area contributed by atoms with Gasteiger partial charge < -0.3 is 39.3 Å². The lowest BCUT2D eigenvalue weighted by atomic mass is 9.84. The number of hydrogen-bond acceptors (Lipinski definition) is 24. The number of nitriles is 1. The standard InChI is InChI=1S/C31H21F4N6O5P.C24H17F7N4O2.C22H14F7N5O2.C15H10BrF4N5O/c32-25-10-13-27(28(33)15-25)30(46-47(42,43)44,19-41-20-38-39-40-41)31(34,35)29-14-9-23(17-37-29)4-1-21-7-11-26(12-8-21)45-18-24-5-2-22(16-36)3-6-24;25-17-4-7-19(20(26)9-17)22(36,11-35-14-32-13-34-35)24(30,31)21-8-3-16(10-33-21)15-1-5-18(6-2-15)37-12-23(27,28)29;23-15-4-7-17(18(24)9-15)20(35,11-34-12-31-32-33-34)21(25,26)19-8-3-14(10-30-19)13-1-5-16(6-2-13)36-22(27,28)29;16-9-1-4-13(21-6-9)15(19,20)14(26,7-25-8-22-23-24-25)11-3-2-10(17)5-12(11)18/h2-3,5-15,17,20H,18-19H2,(H2,42,43,44);1-10,13-14,36H,11-12H2;1-10,12,35H,11H2;1-6,8,26H,7H2/t30-;;;/m0.../s1/i18D2;2*1D,2D,5D,6D,11D2;7D2. The van der Waals surface area contributed by atoms with E-state index in [0.717, 1.165) is 55.4 Å². The van der Waals surface area contributed by atoms with Gasteiger partial charge in [-0.2, -0.15) is 58.7 Å². The molecule has 0 spiro atoms. The van der Waals surface area contributed by atoms with Gasteiger partial charge in [0.2, 0.25) is 0 Å². The van der Waals surface area contributed by atoms with Gasteiger partial charge in [-0.15, -0.1) is 28.5 Å². The molecule has 5 N–H and O–H groups in total. The fourth-order valence-electron chi connectivity index (χ4n) is 12.6. The van der Waals surface area contributed by atoms with Crippen LogP contribution in [0.4, 0.5) is 96.6 Å². The number of halogens is 23. The van der Waals surface area contributed by atoms with Gasteiger partial charge in [0, 0.05) is 98.0 Å². The summed E-state index contributed by atoms with van der Waals surface area (Å²) >= 11 is 3.02. The van der Waals surface area contributed by atoms with Crippen molar-refractivity contribution in [3.63, 3.8) is 0 Å². The van der Waals surface area contributed by atoms with Crippen LogP contribution in [0.2, 0.25) is 0 Å². The third kappa shape index (κ3) is 25.5. The summed E-state index contributed by atoms with van der Waals surface area (Å²) in [5.74, 6) is -26.9. The van der Waals surface area contributed by atoms with Crippen LogP contribution in [0.1, 0.15) is 89.2 Å². The normalized spacial score (nSPS) is 15.6. The average molecular weight is 2150 g/mol. The fourth-order valence-corrected chi connectivity index (χ4v) is 13.5. The molecule has 0 amide bonds. The van der Waals surface area contributed by atoms with Crippen molar-refractivity contribution in [2.75, 3.05) is 6.61 Å². The highest BCUT2D eigenvalue weighted by Crippen LogP contribution is 2.58. The SMILES string of the molecule is [2H]C([2H])(Oc1ccc(C#Cc2ccc(C(F)(F)[C@@](Cn3cnnn3)(OP(=O)(O)O)c3ccc(F)cc3F)nc2)cc1)c1ccc(C#N)cc1.[2H]C([2H])(n1cnnn1)C(O)(c1ccc(F)cc1F)C(F)(F)c1ccc(Br)cn1.[2H]c1c([2H])c(-c2ccc(C(F)(F)C(O)(c3ccc(F)cc3F)C([2H])([2H])n3cncn3)nc2)c([2H])c([2H])c1OCC(F)(F)F.[2H]c1c([2H])c(-c2ccc(C(F)(F)C(O)(c3ccc(F)cc3F)C([2H])([2H])n3cnnn3)nc2)c([2H])c([2H])c1OC(F)(F)F. The second-order valence-corrected chi connectivity index (χ2v) is 31.3.